The van der Waals surface area contributed by atoms with Gasteiger partial charge in [-0.3, -0.25) is 14.2 Å². The lowest BCUT2D eigenvalue weighted by molar-refractivity contribution is -0.113. The Hall–Kier alpha value is -2.36. The number of rotatable bonds is 9. The minimum atomic E-state index is -0.155. The Bertz CT molecular complexity index is 1150. The largest absolute Gasteiger partial charge is 0.494 e. The molecule has 0 atom stereocenters. The number of carbonyl (C=O) groups excluding carboxylic acids is 1. The van der Waals surface area contributed by atoms with Gasteiger partial charge in [0, 0.05) is 17.7 Å². The van der Waals surface area contributed by atoms with Crippen molar-refractivity contribution in [1.82, 2.24) is 9.55 Å². The van der Waals surface area contributed by atoms with Crippen molar-refractivity contribution < 1.29 is 14.3 Å². The van der Waals surface area contributed by atoms with E-state index in [9.17, 15) is 9.59 Å². The molecule has 1 aliphatic rings. The fourth-order valence-electron chi connectivity index (χ4n) is 3.84. The third-order valence-corrected chi connectivity index (χ3v) is 7.50. The third kappa shape index (κ3) is 5.00. The molecule has 0 saturated carbocycles. The van der Waals surface area contributed by atoms with E-state index in [-0.39, 0.29) is 17.2 Å². The SMILES string of the molecule is CCOc1ccc(NC(=O)CSc2nc3sc4c(c3c(=O)n2CCOC)CCCC4)cc1. The molecule has 0 bridgehead atoms. The van der Waals surface area contributed by atoms with E-state index in [0.717, 1.165) is 41.6 Å². The van der Waals surface area contributed by atoms with Gasteiger partial charge in [-0.1, -0.05) is 11.8 Å². The van der Waals surface area contributed by atoms with Gasteiger partial charge in [-0.15, -0.1) is 11.3 Å². The molecule has 2 heterocycles. The first-order valence-corrected chi connectivity index (χ1v) is 12.6. The highest BCUT2D eigenvalue weighted by atomic mass is 32.2. The summed E-state index contributed by atoms with van der Waals surface area (Å²) in [6, 6.07) is 7.26. The molecule has 2 aromatic heterocycles. The standard InChI is InChI=1S/C23H27N3O4S2/c1-3-30-16-10-8-15(9-11-16)24-19(27)14-31-23-25-21-20(22(28)26(23)12-13-29-2)17-6-4-5-7-18(17)32-21/h8-11H,3-7,12-14H2,1-2H3,(H,24,27). The van der Waals surface area contributed by atoms with E-state index in [4.69, 9.17) is 14.5 Å². The number of nitrogens with one attached hydrogen (secondary N) is 1. The third-order valence-electron chi connectivity index (χ3n) is 5.34. The van der Waals surface area contributed by atoms with Gasteiger partial charge in [0.15, 0.2) is 5.16 Å². The van der Waals surface area contributed by atoms with E-state index in [1.165, 1.54) is 22.2 Å². The van der Waals surface area contributed by atoms with Crippen molar-refractivity contribution in [2.75, 3.05) is 31.4 Å². The fourth-order valence-corrected chi connectivity index (χ4v) is 5.97. The smallest absolute Gasteiger partial charge is 0.263 e. The maximum Gasteiger partial charge on any atom is 0.263 e. The summed E-state index contributed by atoms with van der Waals surface area (Å²) in [7, 11) is 1.61. The van der Waals surface area contributed by atoms with Gasteiger partial charge in [0.1, 0.15) is 10.6 Å². The second-order valence-corrected chi connectivity index (χ2v) is 9.56. The van der Waals surface area contributed by atoms with Crippen LogP contribution in [0, 0.1) is 0 Å². The Morgan fingerprint density at radius 3 is 2.78 bits per heavy atom. The molecule has 0 fully saturated rings. The van der Waals surface area contributed by atoms with Crippen LogP contribution in [0.1, 0.15) is 30.2 Å². The maximum atomic E-state index is 13.4. The Balaban J connectivity index is 1.53. The number of carbonyl (C=O) groups is 1. The van der Waals surface area contributed by atoms with Crippen LogP contribution >= 0.6 is 23.1 Å². The predicted octanol–water partition coefficient (Wildman–Crippen LogP) is 4.11. The van der Waals surface area contributed by atoms with Crippen LogP contribution in [0.2, 0.25) is 0 Å². The van der Waals surface area contributed by atoms with E-state index in [0.29, 0.717) is 30.6 Å². The lowest BCUT2D eigenvalue weighted by atomic mass is 9.97. The van der Waals surface area contributed by atoms with E-state index in [1.54, 1.807) is 23.0 Å². The highest BCUT2D eigenvalue weighted by Crippen LogP contribution is 2.34. The van der Waals surface area contributed by atoms with Gasteiger partial charge < -0.3 is 14.8 Å². The van der Waals surface area contributed by atoms with Crippen LogP contribution in [0.15, 0.2) is 34.2 Å². The molecule has 1 aromatic carbocycles. The van der Waals surface area contributed by atoms with Crippen LogP contribution in [0.4, 0.5) is 5.69 Å². The van der Waals surface area contributed by atoms with Crippen LogP contribution in [0.25, 0.3) is 10.2 Å². The summed E-state index contributed by atoms with van der Waals surface area (Å²) in [5.41, 5.74) is 1.84. The number of methoxy groups -OCH3 is 1. The highest BCUT2D eigenvalue weighted by Gasteiger charge is 2.22. The lowest BCUT2D eigenvalue weighted by Gasteiger charge is -2.13. The molecule has 1 aliphatic carbocycles. The summed E-state index contributed by atoms with van der Waals surface area (Å²) in [5, 5.41) is 4.19. The predicted molar refractivity (Wildman–Crippen MR) is 129 cm³/mol. The number of aryl methyl sites for hydroxylation is 2. The number of nitrogens with zero attached hydrogens (tertiary/aromatic N) is 2. The van der Waals surface area contributed by atoms with Crippen molar-refractivity contribution in [2.24, 2.45) is 0 Å². The van der Waals surface area contributed by atoms with E-state index >= 15 is 0 Å². The number of anilines is 1. The van der Waals surface area contributed by atoms with Crippen molar-refractivity contribution in [3.8, 4) is 5.75 Å². The quantitative estimate of drug-likeness (QED) is 0.372. The molecule has 0 aliphatic heterocycles. The lowest BCUT2D eigenvalue weighted by Crippen LogP contribution is -2.26. The summed E-state index contributed by atoms with van der Waals surface area (Å²) in [6.45, 7) is 3.34. The summed E-state index contributed by atoms with van der Waals surface area (Å²) >= 11 is 2.90. The van der Waals surface area contributed by atoms with Crippen LogP contribution in [0.5, 0.6) is 5.75 Å². The van der Waals surface area contributed by atoms with Gasteiger partial charge >= 0.3 is 0 Å². The number of benzene rings is 1. The Morgan fingerprint density at radius 1 is 1.25 bits per heavy atom. The molecule has 0 saturated heterocycles. The highest BCUT2D eigenvalue weighted by molar-refractivity contribution is 7.99. The second kappa shape index (κ2) is 10.5. The van der Waals surface area contributed by atoms with E-state index in [2.05, 4.69) is 5.32 Å². The average Bonchev–Trinajstić information content (AvgIpc) is 3.17. The topological polar surface area (TPSA) is 82.5 Å². The number of aromatic nitrogens is 2. The average molecular weight is 474 g/mol. The van der Waals surface area contributed by atoms with Crippen molar-refractivity contribution in [3.05, 3.63) is 45.1 Å². The van der Waals surface area contributed by atoms with Gasteiger partial charge in [0.2, 0.25) is 5.91 Å². The van der Waals surface area contributed by atoms with E-state index in [1.807, 2.05) is 31.2 Å². The number of amides is 1. The van der Waals surface area contributed by atoms with E-state index < -0.39 is 0 Å². The molecule has 0 spiro atoms. The number of fused-ring (bicyclic) bond motifs is 3. The maximum absolute atomic E-state index is 13.4. The van der Waals surface area contributed by atoms with Gasteiger partial charge in [0.25, 0.3) is 5.56 Å². The molecule has 7 nitrogen and oxygen atoms in total. The normalized spacial score (nSPS) is 13.2. The van der Waals surface area contributed by atoms with Crippen molar-refractivity contribution in [3.63, 3.8) is 0 Å². The summed E-state index contributed by atoms with van der Waals surface area (Å²) in [5.74, 6) is 0.763. The summed E-state index contributed by atoms with van der Waals surface area (Å²) in [4.78, 5) is 32.7. The van der Waals surface area contributed by atoms with Crippen LogP contribution in [0.3, 0.4) is 0 Å². The number of ether oxygens (including phenoxy) is 2. The first-order chi connectivity index (χ1) is 15.6. The first-order valence-electron chi connectivity index (χ1n) is 10.8. The molecule has 1 amide bonds. The van der Waals surface area contributed by atoms with Gasteiger partial charge in [-0.2, -0.15) is 0 Å². The van der Waals surface area contributed by atoms with Crippen LogP contribution < -0.4 is 15.6 Å². The molecule has 3 aromatic rings. The van der Waals surface area contributed by atoms with Gasteiger partial charge in [-0.05, 0) is 62.4 Å². The molecular formula is C23H27N3O4S2. The first kappa shape index (κ1) is 22.8. The molecule has 1 N–H and O–H groups in total. The minimum Gasteiger partial charge on any atom is -0.494 e. The number of thiophene rings is 1. The molecule has 9 heteroatoms. The summed E-state index contributed by atoms with van der Waals surface area (Å²) in [6.07, 6.45) is 4.22. The molecule has 4 rings (SSSR count). The molecule has 0 radical (unpaired) electrons. The molecule has 0 unspecified atom stereocenters. The van der Waals surface area contributed by atoms with Crippen LogP contribution in [-0.4, -0.2) is 41.5 Å². The van der Waals surface area contributed by atoms with Crippen molar-refractivity contribution >= 4 is 44.9 Å². The van der Waals surface area contributed by atoms with Crippen molar-refractivity contribution in [1.29, 1.82) is 0 Å². The number of hydrogen-bond acceptors (Lipinski definition) is 7. The fraction of sp³-hybridized carbons (Fsp3) is 0.435. The zero-order chi connectivity index (χ0) is 22.5. The zero-order valence-electron chi connectivity index (χ0n) is 18.3. The van der Waals surface area contributed by atoms with Gasteiger partial charge in [0.05, 0.1) is 30.9 Å². The number of thioether (sulfide) groups is 1. The zero-order valence-corrected chi connectivity index (χ0v) is 19.9. The minimum absolute atomic E-state index is 0.0270. The van der Waals surface area contributed by atoms with Crippen LogP contribution in [-0.2, 0) is 28.9 Å². The van der Waals surface area contributed by atoms with Crippen molar-refractivity contribution in [2.45, 2.75) is 44.3 Å². The number of hydrogen-bond donors (Lipinski definition) is 1. The Kier molecular flexibility index (Phi) is 7.49. The molecule has 32 heavy (non-hydrogen) atoms. The molecular weight excluding hydrogens is 446 g/mol. The van der Waals surface area contributed by atoms with Gasteiger partial charge in [-0.25, -0.2) is 4.98 Å². The monoisotopic (exact) mass is 473 g/mol. The Labute approximate surface area is 195 Å². The Morgan fingerprint density at radius 2 is 2.03 bits per heavy atom. The molecule has 170 valence electrons. The summed E-state index contributed by atoms with van der Waals surface area (Å²) < 4.78 is 12.3. The second-order valence-electron chi connectivity index (χ2n) is 7.53.